The van der Waals surface area contributed by atoms with Crippen LogP contribution >= 0.6 is 0 Å². The van der Waals surface area contributed by atoms with Crippen LogP contribution in [0.3, 0.4) is 0 Å². The van der Waals surface area contributed by atoms with E-state index in [1.54, 1.807) is 25.3 Å². The van der Waals surface area contributed by atoms with E-state index in [4.69, 9.17) is 9.47 Å². The minimum absolute atomic E-state index is 0.110. The zero-order chi connectivity index (χ0) is 21.2. The molecule has 2 aromatic rings. The number of guanidine groups is 1. The SMILES string of the molecule is CCNC(=NCC(O)c1ccc(OC)c(OC)c1)NCCc1cc(F)ccc1F. The van der Waals surface area contributed by atoms with Crippen LogP contribution in [0.25, 0.3) is 0 Å². The molecule has 0 aliphatic rings. The molecule has 6 nitrogen and oxygen atoms in total. The van der Waals surface area contributed by atoms with Gasteiger partial charge in [0, 0.05) is 13.1 Å². The first kappa shape index (κ1) is 22.4. The minimum atomic E-state index is -0.842. The van der Waals surface area contributed by atoms with E-state index in [1.165, 1.54) is 13.2 Å². The molecule has 2 aromatic carbocycles. The largest absolute Gasteiger partial charge is 0.493 e. The van der Waals surface area contributed by atoms with Crippen LogP contribution in [0.4, 0.5) is 8.78 Å². The Labute approximate surface area is 169 Å². The van der Waals surface area contributed by atoms with E-state index in [2.05, 4.69) is 15.6 Å². The Morgan fingerprint density at radius 2 is 1.83 bits per heavy atom. The molecule has 158 valence electrons. The van der Waals surface area contributed by atoms with Gasteiger partial charge in [0.2, 0.25) is 0 Å². The van der Waals surface area contributed by atoms with Crippen molar-refractivity contribution < 1.29 is 23.4 Å². The molecule has 0 radical (unpaired) electrons. The van der Waals surface area contributed by atoms with Crippen molar-refractivity contribution >= 4 is 5.96 Å². The Morgan fingerprint density at radius 3 is 2.52 bits per heavy atom. The van der Waals surface area contributed by atoms with Crippen molar-refractivity contribution in [2.45, 2.75) is 19.4 Å². The number of hydrogen-bond donors (Lipinski definition) is 3. The van der Waals surface area contributed by atoms with Gasteiger partial charge in [0.25, 0.3) is 0 Å². The molecule has 0 amide bonds. The molecule has 0 fully saturated rings. The van der Waals surface area contributed by atoms with Crippen LogP contribution in [0.15, 0.2) is 41.4 Å². The standard InChI is InChI=1S/C21H27F2N3O3/c1-4-24-21(25-10-9-14-11-16(22)6-7-17(14)23)26-13-18(27)15-5-8-19(28-2)20(12-15)29-3/h5-8,11-12,18,27H,4,9-10,13H2,1-3H3,(H2,24,25,26). The van der Waals surface area contributed by atoms with Gasteiger partial charge in [-0.05, 0) is 54.8 Å². The van der Waals surface area contributed by atoms with Crippen molar-refractivity contribution in [2.24, 2.45) is 4.99 Å². The number of benzene rings is 2. The molecule has 1 unspecified atom stereocenters. The Morgan fingerprint density at radius 1 is 1.07 bits per heavy atom. The zero-order valence-electron chi connectivity index (χ0n) is 16.8. The third kappa shape index (κ3) is 6.60. The lowest BCUT2D eigenvalue weighted by molar-refractivity contribution is 0.186. The summed E-state index contributed by atoms with van der Waals surface area (Å²) in [5.74, 6) is 0.657. The Balaban J connectivity index is 1.98. The van der Waals surface area contributed by atoms with Crippen LogP contribution in [0.1, 0.15) is 24.2 Å². The molecular formula is C21H27F2N3O3. The predicted octanol–water partition coefficient (Wildman–Crippen LogP) is 2.81. The lowest BCUT2D eigenvalue weighted by Crippen LogP contribution is -2.38. The van der Waals surface area contributed by atoms with Gasteiger partial charge in [-0.15, -0.1) is 0 Å². The summed E-state index contributed by atoms with van der Waals surface area (Å²) >= 11 is 0. The highest BCUT2D eigenvalue weighted by atomic mass is 19.1. The van der Waals surface area contributed by atoms with Crippen molar-refractivity contribution in [2.75, 3.05) is 33.9 Å². The second-order valence-electron chi connectivity index (χ2n) is 6.26. The molecular weight excluding hydrogens is 380 g/mol. The summed E-state index contributed by atoms with van der Waals surface area (Å²) in [5.41, 5.74) is 0.933. The second-order valence-corrected chi connectivity index (χ2v) is 6.26. The highest BCUT2D eigenvalue weighted by Crippen LogP contribution is 2.30. The monoisotopic (exact) mass is 407 g/mol. The van der Waals surface area contributed by atoms with Crippen molar-refractivity contribution in [1.29, 1.82) is 0 Å². The molecule has 1 atom stereocenters. The first-order chi connectivity index (χ1) is 14.0. The van der Waals surface area contributed by atoms with Gasteiger partial charge in [0.15, 0.2) is 17.5 Å². The van der Waals surface area contributed by atoms with E-state index in [0.717, 1.165) is 12.1 Å². The molecule has 0 saturated carbocycles. The van der Waals surface area contributed by atoms with E-state index in [1.807, 2.05) is 6.92 Å². The molecule has 0 bridgehead atoms. The van der Waals surface area contributed by atoms with Crippen LogP contribution in [0, 0.1) is 11.6 Å². The van der Waals surface area contributed by atoms with Crippen LogP contribution in [0.5, 0.6) is 11.5 Å². The molecule has 2 rings (SSSR count). The number of aliphatic imine (C=N–C) groups is 1. The van der Waals surface area contributed by atoms with Crippen LogP contribution in [0.2, 0.25) is 0 Å². The van der Waals surface area contributed by atoms with Gasteiger partial charge >= 0.3 is 0 Å². The van der Waals surface area contributed by atoms with E-state index in [0.29, 0.717) is 48.1 Å². The third-order valence-electron chi connectivity index (χ3n) is 4.25. The van der Waals surface area contributed by atoms with Crippen molar-refractivity contribution in [1.82, 2.24) is 10.6 Å². The minimum Gasteiger partial charge on any atom is -0.493 e. The number of aliphatic hydroxyl groups excluding tert-OH is 1. The lowest BCUT2D eigenvalue weighted by Gasteiger charge is -2.15. The Hall–Kier alpha value is -2.87. The van der Waals surface area contributed by atoms with Gasteiger partial charge in [-0.1, -0.05) is 6.07 Å². The summed E-state index contributed by atoms with van der Waals surface area (Å²) < 4.78 is 37.4. The normalized spacial score (nSPS) is 12.4. The number of rotatable bonds is 9. The van der Waals surface area contributed by atoms with Gasteiger partial charge in [-0.3, -0.25) is 4.99 Å². The van der Waals surface area contributed by atoms with Gasteiger partial charge in [-0.25, -0.2) is 8.78 Å². The number of nitrogens with zero attached hydrogens (tertiary/aromatic N) is 1. The number of methoxy groups -OCH3 is 2. The molecule has 0 aliphatic carbocycles. The Bertz CT molecular complexity index is 831. The average molecular weight is 407 g/mol. The number of hydrogen-bond acceptors (Lipinski definition) is 4. The highest BCUT2D eigenvalue weighted by molar-refractivity contribution is 5.79. The average Bonchev–Trinajstić information content (AvgIpc) is 2.73. The van der Waals surface area contributed by atoms with E-state index >= 15 is 0 Å². The maximum absolute atomic E-state index is 13.7. The summed E-state index contributed by atoms with van der Waals surface area (Å²) in [5, 5.41) is 16.6. The molecule has 0 heterocycles. The quantitative estimate of drug-likeness (QED) is 0.440. The van der Waals surface area contributed by atoms with Crippen molar-refractivity contribution in [3.05, 3.63) is 59.2 Å². The van der Waals surface area contributed by atoms with Gasteiger partial charge < -0.3 is 25.2 Å². The van der Waals surface area contributed by atoms with E-state index in [9.17, 15) is 13.9 Å². The topological polar surface area (TPSA) is 75.1 Å². The van der Waals surface area contributed by atoms with Gasteiger partial charge in [0.05, 0.1) is 26.9 Å². The third-order valence-corrected chi connectivity index (χ3v) is 4.25. The Kier molecular flexibility index (Phi) is 8.67. The fourth-order valence-corrected chi connectivity index (χ4v) is 2.74. The zero-order valence-corrected chi connectivity index (χ0v) is 16.8. The lowest BCUT2D eigenvalue weighted by atomic mass is 10.1. The molecule has 29 heavy (non-hydrogen) atoms. The smallest absolute Gasteiger partial charge is 0.191 e. The van der Waals surface area contributed by atoms with Gasteiger partial charge in [-0.2, -0.15) is 0 Å². The summed E-state index contributed by atoms with van der Waals surface area (Å²) in [6.45, 7) is 3.00. The number of ether oxygens (including phenoxy) is 2. The summed E-state index contributed by atoms with van der Waals surface area (Å²) in [4.78, 5) is 4.36. The number of nitrogens with one attached hydrogen (secondary N) is 2. The van der Waals surface area contributed by atoms with Crippen molar-refractivity contribution in [3.8, 4) is 11.5 Å². The fourth-order valence-electron chi connectivity index (χ4n) is 2.74. The molecule has 0 aliphatic heterocycles. The summed E-state index contributed by atoms with van der Waals surface area (Å²) in [7, 11) is 3.07. The van der Waals surface area contributed by atoms with Crippen molar-refractivity contribution in [3.63, 3.8) is 0 Å². The number of halogens is 2. The first-order valence-corrected chi connectivity index (χ1v) is 9.34. The maximum Gasteiger partial charge on any atom is 0.191 e. The van der Waals surface area contributed by atoms with Crippen LogP contribution < -0.4 is 20.1 Å². The predicted molar refractivity (Wildman–Crippen MR) is 109 cm³/mol. The fraction of sp³-hybridized carbons (Fsp3) is 0.381. The maximum atomic E-state index is 13.7. The van der Waals surface area contributed by atoms with E-state index < -0.39 is 17.7 Å². The molecule has 0 spiro atoms. The molecule has 8 heteroatoms. The molecule has 0 saturated heterocycles. The van der Waals surface area contributed by atoms with E-state index in [-0.39, 0.29) is 6.54 Å². The summed E-state index contributed by atoms with van der Waals surface area (Å²) in [6.07, 6.45) is -0.544. The van der Waals surface area contributed by atoms with Gasteiger partial charge in [0.1, 0.15) is 11.6 Å². The van der Waals surface area contributed by atoms with Crippen LogP contribution in [-0.4, -0.2) is 44.9 Å². The first-order valence-electron chi connectivity index (χ1n) is 9.34. The number of aliphatic hydroxyl groups is 1. The highest BCUT2D eigenvalue weighted by Gasteiger charge is 2.12. The molecule has 3 N–H and O–H groups in total. The van der Waals surface area contributed by atoms with Crippen LogP contribution in [-0.2, 0) is 6.42 Å². The second kappa shape index (κ2) is 11.2. The summed E-state index contributed by atoms with van der Waals surface area (Å²) in [6, 6.07) is 8.55. The molecule has 0 aromatic heterocycles.